The molecule has 1 aromatic carbocycles. The smallest absolute Gasteiger partial charge is 0.157 e. The van der Waals surface area contributed by atoms with Crippen molar-refractivity contribution in [2.75, 3.05) is 37.6 Å². The zero-order chi connectivity index (χ0) is 18.3. The summed E-state index contributed by atoms with van der Waals surface area (Å²) >= 11 is 0. The van der Waals surface area contributed by atoms with Gasteiger partial charge in [-0.15, -0.1) is 0 Å². The molecule has 0 radical (unpaired) electrons. The molecule has 3 heterocycles. The van der Waals surface area contributed by atoms with Crippen LogP contribution in [-0.4, -0.2) is 42.1 Å². The summed E-state index contributed by atoms with van der Waals surface area (Å²) in [5.41, 5.74) is 5.91. The normalized spacial score (nSPS) is 15.7. The van der Waals surface area contributed by atoms with Gasteiger partial charge in [-0.2, -0.15) is 5.26 Å². The molecule has 0 atom stereocenters. The molecule has 0 saturated carbocycles. The Morgan fingerprint density at radius 3 is 2.58 bits per heavy atom. The van der Waals surface area contributed by atoms with Gasteiger partial charge in [-0.1, -0.05) is 19.1 Å². The molecule has 1 fully saturated rings. The fourth-order valence-corrected chi connectivity index (χ4v) is 4.31. The van der Waals surface area contributed by atoms with Crippen LogP contribution in [-0.2, 0) is 6.42 Å². The molecular weight excluding hydrogens is 322 g/mol. The van der Waals surface area contributed by atoms with Gasteiger partial charge in [0.15, 0.2) is 5.65 Å². The summed E-state index contributed by atoms with van der Waals surface area (Å²) in [6, 6.07) is 10.6. The monoisotopic (exact) mass is 348 g/mol. The Labute approximate surface area is 154 Å². The van der Waals surface area contributed by atoms with Gasteiger partial charge in [0.25, 0.3) is 0 Å². The first-order valence-corrected chi connectivity index (χ1v) is 9.60. The predicted molar refractivity (Wildman–Crippen MR) is 105 cm³/mol. The van der Waals surface area contributed by atoms with Crippen molar-refractivity contribution >= 4 is 22.5 Å². The van der Waals surface area contributed by atoms with Gasteiger partial charge in [-0.3, -0.25) is 4.40 Å². The van der Waals surface area contributed by atoms with E-state index in [9.17, 15) is 5.26 Å². The Kier molecular flexibility index (Phi) is 4.29. The Morgan fingerprint density at radius 2 is 1.92 bits per heavy atom. The van der Waals surface area contributed by atoms with Crippen molar-refractivity contribution in [1.29, 1.82) is 5.26 Å². The lowest BCUT2D eigenvalue weighted by Gasteiger charge is -2.35. The van der Waals surface area contributed by atoms with E-state index in [4.69, 9.17) is 4.98 Å². The van der Waals surface area contributed by atoms with Gasteiger partial charge >= 0.3 is 0 Å². The Morgan fingerprint density at radius 1 is 1.19 bits per heavy atom. The molecule has 1 N–H and O–H groups in total. The molecule has 0 bridgehead atoms. The zero-order valence-corrected chi connectivity index (χ0v) is 15.8. The van der Waals surface area contributed by atoms with E-state index in [0.717, 1.165) is 54.8 Å². The van der Waals surface area contributed by atoms with Crippen molar-refractivity contribution in [2.24, 2.45) is 0 Å². The summed E-state index contributed by atoms with van der Waals surface area (Å²) in [6.45, 7) is 12.1. The van der Waals surface area contributed by atoms with Crippen LogP contribution in [0.4, 0.5) is 5.82 Å². The summed E-state index contributed by atoms with van der Waals surface area (Å²) in [5, 5.41) is 9.81. The lowest BCUT2D eigenvalue weighted by molar-refractivity contribution is -0.898. The fourth-order valence-electron chi connectivity index (χ4n) is 4.31. The highest BCUT2D eigenvalue weighted by Crippen LogP contribution is 2.33. The molecule has 0 amide bonds. The molecule has 0 aliphatic carbocycles. The molecule has 1 aliphatic heterocycles. The van der Waals surface area contributed by atoms with Gasteiger partial charge in [0.2, 0.25) is 0 Å². The number of nitriles is 1. The minimum Gasteiger partial charge on any atom is -0.346 e. The topological polar surface area (TPSA) is 48.8 Å². The summed E-state index contributed by atoms with van der Waals surface area (Å²) in [7, 11) is 0. The van der Waals surface area contributed by atoms with Crippen LogP contribution in [0.25, 0.3) is 16.7 Å². The number of nitrogens with one attached hydrogen (secondary N) is 1. The maximum absolute atomic E-state index is 9.81. The average molecular weight is 348 g/mol. The Hall–Kier alpha value is -2.58. The van der Waals surface area contributed by atoms with E-state index in [0.29, 0.717) is 5.56 Å². The molecule has 3 aromatic rings. The number of nitrogens with zero attached hydrogens (tertiary/aromatic N) is 4. The number of fused-ring (bicyclic) bond motifs is 3. The van der Waals surface area contributed by atoms with Crippen LogP contribution in [0.15, 0.2) is 24.3 Å². The number of para-hydroxylation sites is 2. The van der Waals surface area contributed by atoms with Crippen molar-refractivity contribution in [3.05, 3.63) is 41.0 Å². The molecular formula is C21H26N5+. The number of piperazine rings is 1. The third-order valence-electron chi connectivity index (χ3n) is 5.83. The number of pyridine rings is 1. The lowest BCUT2D eigenvalue weighted by atomic mass is 10.0. The first-order valence-electron chi connectivity index (χ1n) is 9.60. The van der Waals surface area contributed by atoms with E-state index in [1.54, 1.807) is 4.90 Å². The van der Waals surface area contributed by atoms with Gasteiger partial charge in [0, 0.05) is 0 Å². The number of rotatable bonds is 3. The maximum Gasteiger partial charge on any atom is 0.157 e. The van der Waals surface area contributed by atoms with E-state index in [1.165, 1.54) is 17.9 Å². The zero-order valence-electron chi connectivity index (χ0n) is 15.8. The van der Waals surface area contributed by atoms with Gasteiger partial charge in [0.05, 0.1) is 49.3 Å². The summed E-state index contributed by atoms with van der Waals surface area (Å²) < 4.78 is 2.23. The van der Waals surface area contributed by atoms with E-state index < -0.39 is 0 Å². The minimum absolute atomic E-state index is 0.708. The Balaban J connectivity index is 2.03. The second-order valence-corrected chi connectivity index (χ2v) is 7.12. The van der Waals surface area contributed by atoms with Crippen LogP contribution in [0.2, 0.25) is 0 Å². The third kappa shape index (κ3) is 2.45. The molecule has 5 nitrogen and oxygen atoms in total. The number of hydrogen-bond acceptors (Lipinski definition) is 3. The first-order chi connectivity index (χ1) is 12.7. The molecule has 26 heavy (non-hydrogen) atoms. The van der Waals surface area contributed by atoms with E-state index in [-0.39, 0.29) is 0 Å². The largest absolute Gasteiger partial charge is 0.346 e. The molecule has 0 spiro atoms. The summed E-state index contributed by atoms with van der Waals surface area (Å²) in [6.07, 6.45) is 0.916. The van der Waals surface area contributed by atoms with Crippen LogP contribution in [0.1, 0.15) is 30.5 Å². The van der Waals surface area contributed by atoms with Crippen LogP contribution < -0.4 is 9.80 Å². The third-order valence-corrected chi connectivity index (χ3v) is 5.83. The van der Waals surface area contributed by atoms with Gasteiger partial charge in [-0.05, 0) is 43.5 Å². The number of benzene rings is 1. The molecule has 2 aromatic heterocycles. The molecule has 134 valence electrons. The summed E-state index contributed by atoms with van der Waals surface area (Å²) in [5.74, 6) is 1.24. The average Bonchev–Trinajstić information content (AvgIpc) is 3.06. The molecule has 5 heteroatoms. The number of aromatic nitrogens is 2. The first kappa shape index (κ1) is 16.9. The van der Waals surface area contributed by atoms with Crippen molar-refractivity contribution in [3.63, 3.8) is 0 Å². The van der Waals surface area contributed by atoms with Crippen molar-refractivity contribution in [2.45, 2.75) is 27.2 Å². The van der Waals surface area contributed by atoms with Crippen LogP contribution in [0.3, 0.4) is 0 Å². The van der Waals surface area contributed by atoms with Crippen LogP contribution in [0, 0.1) is 18.3 Å². The second kappa shape index (κ2) is 6.62. The van der Waals surface area contributed by atoms with Crippen molar-refractivity contribution in [3.8, 4) is 6.07 Å². The highest BCUT2D eigenvalue weighted by atomic mass is 15.3. The SMILES string of the molecule is CCc1c(C)c(C#N)c2nc3ccccc3n2c1N1CC[NH+](CC)CC1. The maximum atomic E-state index is 9.81. The number of anilines is 1. The van der Waals surface area contributed by atoms with Gasteiger partial charge in [0.1, 0.15) is 11.9 Å². The van der Waals surface area contributed by atoms with E-state index in [2.05, 4.69) is 48.3 Å². The number of quaternary nitrogens is 1. The highest BCUT2D eigenvalue weighted by Gasteiger charge is 2.26. The van der Waals surface area contributed by atoms with Gasteiger partial charge < -0.3 is 9.80 Å². The van der Waals surface area contributed by atoms with E-state index in [1.807, 2.05) is 12.1 Å². The molecule has 4 rings (SSSR count). The highest BCUT2D eigenvalue weighted by molar-refractivity contribution is 5.86. The second-order valence-electron chi connectivity index (χ2n) is 7.12. The van der Waals surface area contributed by atoms with Crippen molar-refractivity contribution in [1.82, 2.24) is 9.38 Å². The minimum atomic E-state index is 0.708. The van der Waals surface area contributed by atoms with E-state index >= 15 is 0 Å². The number of likely N-dealkylation sites (N-methyl/N-ethyl adjacent to an activating group) is 1. The lowest BCUT2D eigenvalue weighted by Crippen LogP contribution is -3.14. The number of imidazole rings is 1. The summed E-state index contributed by atoms with van der Waals surface area (Å²) in [4.78, 5) is 8.99. The van der Waals surface area contributed by atoms with Crippen molar-refractivity contribution < 1.29 is 4.90 Å². The predicted octanol–water partition coefficient (Wildman–Crippen LogP) is 1.95. The standard InChI is InChI=1S/C21H25N5/c1-4-16-15(3)17(14-22)20-23-18-8-6-7-9-19(18)26(20)21(16)25-12-10-24(5-2)11-13-25/h6-9H,4-5,10-13H2,1-3H3/p+1. The molecule has 0 unspecified atom stereocenters. The van der Waals surface area contributed by atoms with Crippen LogP contribution in [0.5, 0.6) is 0 Å². The Bertz CT molecular complexity index is 1000. The molecule has 1 aliphatic rings. The fraction of sp³-hybridized carbons (Fsp3) is 0.429. The van der Waals surface area contributed by atoms with Crippen LogP contribution >= 0.6 is 0 Å². The quantitative estimate of drug-likeness (QED) is 0.787. The molecule has 1 saturated heterocycles. The van der Waals surface area contributed by atoms with Gasteiger partial charge in [-0.25, -0.2) is 4.98 Å². The number of hydrogen-bond donors (Lipinski definition) is 1.